The van der Waals surface area contributed by atoms with Gasteiger partial charge in [-0.1, -0.05) is 12.1 Å². The second-order valence-electron chi connectivity index (χ2n) is 6.49. The average Bonchev–Trinajstić information content (AvgIpc) is 3.25. The van der Waals surface area contributed by atoms with Gasteiger partial charge in [-0.25, -0.2) is 0 Å². The summed E-state index contributed by atoms with van der Waals surface area (Å²) in [6.45, 7) is 1.46. The number of ether oxygens (including phenoxy) is 3. The van der Waals surface area contributed by atoms with Crippen LogP contribution in [-0.2, 0) is 13.1 Å². The van der Waals surface area contributed by atoms with Crippen molar-refractivity contribution in [1.29, 1.82) is 0 Å². The second-order valence-corrected chi connectivity index (χ2v) is 6.87. The number of nitrogens with zero attached hydrogens (tertiary/aromatic N) is 2. The van der Waals surface area contributed by atoms with Gasteiger partial charge in [-0.3, -0.25) is 4.98 Å². The summed E-state index contributed by atoms with van der Waals surface area (Å²) in [4.78, 5) is 6.13. The summed E-state index contributed by atoms with van der Waals surface area (Å²) in [5.41, 5.74) is 3.15. The van der Waals surface area contributed by atoms with Gasteiger partial charge in [0.05, 0.1) is 13.7 Å². The number of aromatic nitrogens is 1. The van der Waals surface area contributed by atoms with Gasteiger partial charge in [-0.05, 0) is 59.7 Å². The maximum absolute atomic E-state index is 5.73. The zero-order valence-electron chi connectivity index (χ0n) is 16.0. The smallest absolute Gasteiger partial charge is 0.231 e. The van der Waals surface area contributed by atoms with Crippen LogP contribution in [0.4, 0.5) is 5.69 Å². The molecule has 6 nitrogen and oxygen atoms in total. The number of thiocarbonyl (C=S) groups is 1. The fourth-order valence-corrected chi connectivity index (χ4v) is 3.26. The van der Waals surface area contributed by atoms with E-state index >= 15 is 0 Å². The Morgan fingerprint density at radius 3 is 2.55 bits per heavy atom. The van der Waals surface area contributed by atoms with Gasteiger partial charge in [-0.15, -0.1) is 0 Å². The van der Waals surface area contributed by atoms with E-state index in [9.17, 15) is 0 Å². The summed E-state index contributed by atoms with van der Waals surface area (Å²) in [5, 5.41) is 3.97. The fraction of sp³-hybridized carbons (Fsp3) is 0.182. The fourth-order valence-electron chi connectivity index (χ4n) is 3.02. The van der Waals surface area contributed by atoms with Crippen LogP contribution in [-0.4, -0.2) is 24.0 Å². The minimum atomic E-state index is 0.239. The van der Waals surface area contributed by atoms with Gasteiger partial charge in [-0.2, -0.15) is 0 Å². The van der Waals surface area contributed by atoms with Crippen LogP contribution in [0, 0.1) is 0 Å². The van der Waals surface area contributed by atoms with Crippen molar-refractivity contribution in [2.24, 2.45) is 0 Å². The van der Waals surface area contributed by atoms with Crippen molar-refractivity contribution in [3.05, 3.63) is 78.1 Å². The molecule has 148 valence electrons. The molecule has 3 aromatic rings. The SMILES string of the molecule is COc1ccc(CNC(=S)N(Cc2ccncc2)c2ccc3c(c2)OCO3)cc1. The highest BCUT2D eigenvalue weighted by molar-refractivity contribution is 7.80. The summed E-state index contributed by atoms with van der Waals surface area (Å²) in [5.74, 6) is 2.30. The second kappa shape index (κ2) is 8.79. The summed E-state index contributed by atoms with van der Waals surface area (Å²) in [6.07, 6.45) is 3.56. The Bertz CT molecular complexity index is 980. The largest absolute Gasteiger partial charge is 0.497 e. The number of benzene rings is 2. The molecule has 1 aliphatic rings. The maximum atomic E-state index is 5.73. The molecule has 7 heteroatoms. The van der Waals surface area contributed by atoms with Gasteiger partial charge in [0.1, 0.15) is 5.75 Å². The van der Waals surface area contributed by atoms with Crippen LogP contribution in [0.25, 0.3) is 0 Å². The Morgan fingerprint density at radius 2 is 1.79 bits per heavy atom. The molecule has 0 unspecified atom stereocenters. The Balaban J connectivity index is 1.53. The third-order valence-corrected chi connectivity index (χ3v) is 4.97. The standard InChI is InChI=1S/C22H21N3O3S/c1-26-19-5-2-16(3-6-19)13-24-22(29)25(14-17-8-10-23-11-9-17)18-4-7-20-21(12-18)28-15-27-20/h2-12H,13-15H2,1H3,(H,24,29). The van der Waals surface area contributed by atoms with Crippen molar-refractivity contribution in [2.45, 2.75) is 13.1 Å². The summed E-state index contributed by atoms with van der Waals surface area (Å²) in [7, 11) is 1.66. The molecule has 2 heterocycles. The number of hydrogen-bond acceptors (Lipinski definition) is 5. The van der Waals surface area contributed by atoms with Gasteiger partial charge < -0.3 is 24.4 Å². The zero-order valence-corrected chi connectivity index (χ0v) is 16.8. The lowest BCUT2D eigenvalue weighted by atomic mass is 10.2. The highest BCUT2D eigenvalue weighted by atomic mass is 32.1. The van der Waals surface area contributed by atoms with E-state index in [4.69, 9.17) is 26.4 Å². The zero-order chi connectivity index (χ0) is 20.1. The van der Waals surface area contributed by atoms with E-state index in [0.717, 1.165) is 34.1 Å². The van der Waals surface area contributed by atoms with E-state index in [1.54, 1.807) is 19.5 Å². The van der Waals surface area contributed by atoms with Gasteiger partial charge in [0.25, 0.3) is 0 Å². The van der Waals surface area contributed by atoms with E-state index in [0.29, 0.717) is 18.2 Å². The van der Waals surface area contributed by atoms with Gasteiger partial charge in [0.15, 0.2) is 16.6 Å². The molecule has 0 radical (unpaired) electrons. The highest BCUT2D eigenvalue weighted by Crippen LogP contribution is 2.36. The van der Waals surface area contributed by atoms with Gasteiger partial charge >= 0.3 is 0 Å². The number of methoxy groups -OCH3 is 1. The molecular formula is C22H21N3O3S. The summed E-state index contributed by atoms with van der Waals surface area (Å²) >= 11 is 5.73. The maximum Gasteiger partial charge on any atom is 0.231 e. The predicted octanol–water partition coefficient (Wildman–Crippen LogP) is 3.90. The minimum absolute atomic E-state index is 0.239. The van der Waals surface area contributed by atoms with Crippen molar-refractivity contribution in [3.8, 4) is 17.2 Å². The molecule has 4 rings (SSSR count). The number of rotatable bonds is 6. The number of fused-ring (bicyclic) bond motifs is 1. The van der Waals surface area contributed by atoms with Crippen molar-refractivity contribution in [3.63, 3.8) is 0 Å². The average molecular weight is 407 g/mol. The number of hydrogen-bond donors (Lipinski definition) is 1. The minimum Gasteiger partial charge on any atom is -0.497 e. The van der Waals surface area contributed by atoms with Crippen LogP contribution in [0.15, 0.2) is 67.0 Å². The first kappa shape index (κ1) is 19.0. The first-order valence-electron chi connectivity index (χ1n) is 9.20. The molecule has 0 amide bonds. The van der Waals surface area contributed by atoms with Crippen molar-refractivity contribution in [1.82, 2.24) is 10.3 Å². The molecule has 29 heavy (non-hydrogen) atoms. The van der Waals surface area contributed by atoms with Crippen LogP contribution >= 0.6 is 12.2 Å². The van der Waals surface area contributed by atoms with E-state index in [1.807, 2.05) is 59.5 Å². The molecule has 2 aromatic carbocycles. The molecule has 1 aromatic heterocycles. The topological polar surface area (TPSA) is 55.9 Å². The van der Waals surface area contributed by atoms with Crippen LogP contribution in [0.5, 0.6) is 17.2 Å². The third kappa shape index (κ3) is 4.57. The lowest BCUT2D eigenvalue weighted by molar-refractivity contribution is 0.174. The van der Waals surface area contributed by atoms with E-state index < -0.39 is 0 Å². The van der Waals surface area contributed by atoms with Crippen LogP contribution in [0.3, 0.4) is 0 Å². The first-order valence-corrected chi connectivity index (χ1v) is 9.60. The Morgan fingerprint density at radius 1 is 1.03 bits per heavy atom. The summed E-state index contributed by atoms with van der Waals surface area (Å²) < 4.78 is 16.2. The lowest BCUT2D eigenvalue weighted by Crippen LogP contribution is -2.39. The molecule has 0 bridgehead atoms. The molecule has 1 aliphatic heterocycles. The van der Waals surface area contributed by atoms with Crippen molar-refractivity contribution >= 4 is 23.0 Å². The molecule has 0 atom stereocenters. The van der Waals surface area contributed by atoms with E-state index in [2.05, 4.69) is 10.3 Å². The van der Waals surface area contributed by atoms with Crippen molar-refractivity contribution < 1.29 is 14.2 Å². The Labute approximate surface area is 175 Å². The molecule has 0 fully saturated rings. The number of nitrogens with one attached hydrogen (secondary N) is 1. The molecule has 1 N–H and O–H groups in total. The lowest BCUT2D eigenvalue weighted by Gasteiger charge is -2.26. The summed E-state index contributed by atoms with van der Waals surface area (Å²) in [6, 6.07) is 17.7. The van der Waals surface area contributed by atoms with Crippen LogP contribution < -0.4 is 24.4 Å². The molecule has 0 spiro atoms. The number of anilines is 1. The van der Waals surface area contributed by atoms with Crippen LogP contribution in [0.1, 0.15) is 11.1 Å². The quantitative estimate of drug-likeness (QED) is 0.622. The van der Waals surface area contributed by atoms with Gasteiger partial charge in [0.2, 0.25) is 6.79 Å². The monoisotopic (exact) mass is 407 g/mol. The van der Waals surface area contributed by atoms with E-state index in [-0.39, 0.29) is 6.79 Å². The molecular weight excluding hydrogens is 386 g/mol. The Hall–Kier alpha value is -3.32. The highest BCUT2D eigenvalue weighted by Gasteiger charge is 2.18. The first-order chi connectivity index (χ1) is 14.2. The third-order valence-electron chi connectivity index (χ3n) is 4.61. The van der Waals surface area contributed by atoms with Crippen molar-refractivity contribution in [2.75, 3.05) is 18.8 Å². The van der Waals surface area contributed by atoms with Crippen LogP contribution in [0.2, 0.25) is 0 Å². The molecule has 0 saturated heterocycles. The predicted molar refractivity (Wildman–Crippen MR) is 115 cm³/mol. The van der Waals surface area contributed by atoms with Gasteiger partial charge in [0, 0.05) is 30.7 Å². The van der Waals surface area contributed by atoms with E-state index in [1.165, 1.54) is 0 Å². The normalized spacial score (nSPS) is 11.8. The molecule has 0 saturated carbocycles. The Kier molecular flexibility index (Phi) is 5.76. The molecule has 0 aliphatic carbocycles. The number of pyridine rings is 1.